The van der Waals surface area contributed by atoms with Gasteiger partial charge < -0.3 is 14.8 Å². The van der Waals surface area contributed by atoms with E-state index in [-0.39, 0.29) is 12.5 Å². The highest BCUT2D eigenvalue weighted by atomic mass is 79.9. The summed E-state index contributed by atoms with van der Waals surface area (Å²) in [6, 6.07) is 13.5. The molecule has 2 aromatic carbocycles. The maximum atomic E-state index is 12.1. The first kappa shape index (κ1) is 18.5. The summed E-state index contributed by atoms with van der Waals surface area (Å²) in [6.45, 7) is 4.73. The Balaban J connectivity index is 1.92. The summed E-state index contributed by atoms with van der Waals surface area (Å²) in [6.07, 6.45) is 0. The summed E-state index contributed by atoms with van der Waals surface area (Å²) in [4.78, 5) is 12.1. The summed E-state index contributed by atoms with van der Waals surface area (Å²) < 4.78 is 11.5. The molecule has 2 rings (SSSR count). The Morgan fingerprint density at radius 2 is 2.00 bits per heavy atom. The van der Waals surface area contributed by atoms with Crippen molar-refractivity contribution in [1.29, 1.82) is 0 Å². The maximum Gasteiger partial charge on any atom is 0.262 e. The van der Waals surface area contributed by atoms with Crippen LogP contribution in [0.15, 0.2) is 46.9 Å². The molecule has 0 aliphatic rings. The molecular formula is C19H22BrNO3. The predicted molar refractivity (Wildman–Crippen MR) is 99.5 cm³/mol. The fraction of sp³-hybridized carbons (Fsp3) is 0.316. The molecule has 0 radical (unpaired) electrons. The van der Waals surface area contributed by atoms with Crippen LogP contribution in [0, 0.1) is 0 Å². The molecule has 2 aromatic rings. The largest absolute Gasteiger partial charge is 0.483 e. The van der Waals surface area contributed by atoms with Gasteiger partial charge in [-0.1, -0.05) is 32.0 Å². The van der Waals surface area contributed by atoms with E-state index in [0.717, 1.165) is 15.7 Å². The van der Waals surface area contributed by atoms with Crippen molar-refractivity contribution in [2.45, 2.75) is 26.4 Å². The standard InChI is InChI=1S/C19H22BrNO3/c1-13(2)15-7-8-18(17(20)10-15)24-12-19(22)21-16-6-4-5-14(9-16)11-23-3/h4-10,13H,11-12H2,1-3H3,(H,21,22). The van der Waals surface area contributed by atoms with Crippen molar-refractivity contribution >= 4 is 27.5 Å². The molecule has 0 aliphatic carbocycles. The van der Waals surface area contributed by atoms with Gasteiger partial charge in [0.2, 0.25) is 0 Å². The molecule has 5 heteroatoms. The van der Waals surface area contributed by atoms with Crippen LogP contribution in [0.3, 0.4) is 0 Å². The van der Waals surface area contributed by atoms with E-state index in [0.29, 0.717) is 18.3 Å². The van der Waals surface area contributed by atoms with Crippen LogP contribution < -0.4 is 10.1 Å². The fourth-order valence-corrected chi connectivity index (χ4v) is 2.75. The van der Waals surface area contributed by atoms with Crippen LogP contribution in [0.5, 0.6) is 5.75 Å². The van der Waals surface area contributed by atoms with Gasteiger partial charge in [-0.05, 0) is 57.2 Å². The van der Waals surface area contributed by atoms with Gasteiger partial charge in [-0.25, -0.2) is 0 Å². The fourth-order valence-electron chi connectivity index (χ4n) is 2.24. The first-order valence-corrected chi connectivity index (χ1v) is 8.59. The zero-order valence-electron chi connectivity index (χ0n) is 14.1. The predicted octanol–water partition coefficient (Wildman–Crippen LogP) is 4.74. The highest BCUT2D eigenvalue weighted by Gasteiger charge is 2.08. The molecule has 0 saturated carbocycles. The summed E-state index contributed by atoms with van der Waals surface area (Å²) in [5, 5.41) is 2.83. The van der Waals surface area contributed by atoms with E-state index >= 15 is 0 Å². The lowest BCUT2D eigenvalue weighted by Crippen LogP contribution is -2.20. The zero-order valence-corrected chi connectivity index (χ0v) is 15.7. The molecule has 0 fully saturated rings. The molecule has 1 amide bonds. The normalized spacial score (nSPS) is 10.7. The number of carbonyl (C=O) groups excluding carboxylic acids is 1. The summed E-state index contributed by atoms with van der Waals surface area (Å²) in [7, 11) is 1.64. The van der Waals surface area contributed by atoms with Gasteiger partial charge in [-0.15, -0.1) is 0 Å². The van der Waals surface area contributed by atoms with Crippen molar-refractivity contribution in [3.63, 3.8) is 0 Å². The van der Waals surface area contributed by atoms with E-state index in [1.54, 1.807) is 7.11 Å². The summed E-state index contributed by atoms with van der Waals surface area (Å²) in [5.74, 6) is 0.894. The third-order valence-electron chi connectivity index (χ3n) is 3.50. The van der Waals surface area contributed by atoms with Crippen LogP contribution in [0.1, 0.15) is 30.9 Å². The number of rotatable bonds is 7. The van der Waals surface area contributed by atoms with Crippen molar-refractivity contribution in [3.05, 3.63) is 58.1 Å². The molecule has 1 N–H and O–H groups in total. The van der Waals surface area contributed by atoms with Gasteiger partial charge in [0.1, 0.15) is 5.75 Å². The number of anilines is 1. The average molecular weight is 392 g/mol. The highest BCUT2D eigenvalue weighted by molar-refractivity contribution is 9.10. The van der Waals surface area contributed by atoms with E-state index in [1.165, 1.54) is 5.56 Å². The number of hydrogen-bond donors (Lipinski definition) is 1. The first-order valence-electron chi connectivity index (χ1n) is 7.79. The third-order valence-corrected chi connectivity index (χ3v) is 4.12. The Bertz CT molecular complexity index is 701. The van der Waals surface area contributed by atoms with Crippen LogP contribution >= 0.6 is 15.9 Å². The minimum absolute atomic E-state index is 0.0475. The van der Waals surface area contributed by atoms with Gasteiger partial charge in [0, 0.05) is 12.8 Å². The molecule has 128 valence electrons. The second-order valence-electron chi connectivity index (χ2n) is 5.81. The van der Waals surface area contributed by atoms with E-state index in [2.05, 4.69) is 35.1 Å². The van der Waals surface area contributed by atoms with Gasteiger partial charge in [0.25, 0.3) is 5.91 Å². The number of ether oxygens (including phenoxy) is 2. The van der Waals surface area contributed by atoms with E-state index < -0.39 is 0 Å². The third kappa shape index (κ3) is 5.35. The minimum atomic E-state index is -0.204. The lowest BCUT2D eigenvalue weighted by atomic mass is 10.0. The number of benzene rings is 2. The number of hydrogen-bond acceptors (Lipinski definition) is 3. The Hall–Kier alpha value is -1.85. The quantitative estimate of drug-likeness (QED) is 0.741. The van der Waals surface area contributed by atoms with Gasteiger partial charge in [0.05, 0.1) is 11.1 Å². The zero-order chi connectivity index (χ0) is 17.5. The lowest BCUT2D eigenvalue weighted by molar-refractivity contribution is -0.118. The SMILES string of the molecule is COCc1cccc(NC(=O)COc2ccc(C(C)C)cc2Br)c1. The number of carbonyl (C=O) groups is 1. The van der Waals surface area contributed by atoms with Crippen molar-refractivity contribution in [1.82, 2.24) is 0 Å². The molecule has 0 aromatic heterocycles. The molecular weight excluding hydrogens is 370 g/mol. The number of amides is 1. The topological polar surface area (TPSA) is 47.6 Å². The van der Waals surface area contributed by atoms with Gasteiger partial charge >= 0.3 is 0 Å². The number of nitrogens with one attached hydrogen (secondary N) is 1. The van der Waals surface area contributed by atoms with E-state index in [1.807, 2.05) is 42.5 Å². The average Bonchev–Trinajstić information content (AvgIpc) is 2.54. The molecule has 4 nitrogen and oxygen atoms in total. The highest BCUT2D eigenvalue weighted by Crippen LogP contribution is 2.28. The van der Waals surface area contributed by atoms with E-state index in [4.69, 9.17) is 9.47 Å². The van der Waals surface area contributed by atoms with Crippen molar-refractivity contribution in [3.8, 4) is 5.75 Å². The number of methoxy groups -OCH3 is 1. The van der Waals surface area contributed by atoms with Gasteiger partial charge in [-0.2, -0.15) is 0 Å². The van der Waals surface area contributed by atoms with Crippen LogP contribution in [-0.4, -0.2) is 19.6 Å². The van der Waals surface area contributed by atoms with Crippen molar-refractivity contribution in [2.75, 3.05) is 19.0 Å². The van der Waals surface area contributed by atoms with Crippen LogP contribution in [-0.2, 0) is 16.1 Å². The van der Waals surface area contributed by atoms with Gasteiger partial charge in [0.15, 0.2) is 6.61 Å². The second kappa shape index (κ2) is 8.85. The Morgan fingerprint density at radius 1 is 1.21 bits per heavy atom. The summed E-state index contributed by atoms with van der Waals surface area (Å²) in [5.41, 5.74) is 2.95. The molecule has 0 bridgehead atoms. The molecule has 0 heterocycles. The lowest BCUT2D eigenvalue weighted by Gasteiger charge is -2.12. The molecule has 0 spiro atoms. The molecule has 0 aliphatic heterocycles. The van der Waals surface area contributed by atoms with E-state index in [9.17, 15) is 4.79 Å². The second-order valence-corrected chi connectivity index (χ2v) is 6.67. The molecule has 0 atom stereocenters. The Morgan fingerprint density at radius 3 is 2.67 bits per heavy atom. The first-order chi connectivity index (χ1) is 11.5. The Kier molecular flexibility index (Phi) is 6.82. The van der Waals surface area contributed by atoms with Gasteiger partial charge in [-0.3, -0.25) is 4.79 Å². The van der Waals surface area contributed by atoms with Crippen LogP contribution in [0.4, 0.5) is 5.69 Å². The molecule has 0 unspecified atom stereocenters. The Labute approximate surface area is 151 Å². The van der Waals surface area contributed by atoms with Crippen LogP contribution in [0.2, 0.25) is 0 Å². The van der Waals surface area contributed by atoms with Crippen molar-refractivity contribution in [2.24, 2.45) is 0 Å². The van der Waals surface area contributed by atoms with Crippen LogP contribution in [0.25, 0.3) is 0 Å². The monoisotopic (exact) mass is 391 g/mol. The smallest absolute Gasteiger partial charge is 0.262 e. The number of halogens is 1. The maximum absolute atomic E-state index is 12.1. The van der Waals surface area contributed by atoms with Crippen molar-refractivity contribution < 1.29 is 14.3 Å². The summed E-state index contributed by atoms with van der Waals surface area (Å²) >= 11 is 3.49. The molecule has 0 saturated heterocycles. The molecule has 24 heavy (non-hydrogen) atoms. The minimum Gasteiger partial charge on any atom is -0.483 e.